The Morgan fingerprint density at radius 1 is 1.18 bits per heavy atom. The minimum absolute atomic E-state index is 0.853. The Kier molecular flexibility index (Phi) is 4.74. The van der Waals surface area contributed by atoms with Crippen LogP contribution in [0.15, 0.2) is 16.9 Å². The molecule has 0 aromatic carbocycles. The largest absolute Gasteiger partial charge is 0.339 e. The quantitative estimate of drug-likeness (QED) is 0.856. The summed E-state index contributed by atoms with van der Waals surface area (Å²) in [5.41, 5.74) is 0. The van der Waals surface area contributed by atoms with Crippen LogP contribution < -0.4 is 4.90 Å². The van der Waals surface area contributed by atoms with Gasteiger partial charge in [0.1, 0.15) is 0 Å². The third-order valence-electron chi connectivity index (χ3n) is 3.02. The molecule has 0 atom stereocenters. The van der Waals surface area contributed by atoms with E-state index in [4.69, 9.17) is 0 Å². The predicted molar refractivity (Wildman–Crippen MR) is 73.3 cm³/mol. The first-order chi connectivity index (χ1) is 8.29. The Bertz CT molecular complexity index is 341. The molecule has 0 unspecified atom stereocenters. The van der Waals surface area contributed by atoms with E-state index in [2.05, 4.69) is 42.6 Å². The topological polar surface area (TPSA) is 32.3 Å². The number of hydrogen-bond donors (Lipinski definition) is 0. The minimum Gasteiger partial charge on any atom is -0.339 e. The molecule has 17 heavy (non-hydrogen) atoms. The summed E-state index contributed by atoms with van der Waals surface area (Å²) in [7, 11) is 0. The standard InChI is InChI=1S/C12H19BrN4/c1-2-4-16-5-3-6-17(8-7-16)12-14-9-11(13)10-15-12/h9-10H,2-8H2,1H3. The van der Waals surface area contributed by atoms with Crippen molar-refractivity contribution in [2.75, 3.05) is 37.6 Å². The highest BCUT2D eigenvalue weighted by atomic mass is 79.9. The maximum Gasteiger partial charge on any atom is 0.225 e. The fraction of sp³-hybridized carbons (Fsp3) is 0.667. The van der Waals surface area contributed by atoms with Crippen molar-refractivity contribution in [1.29, 1.82) is 0 Å². The molecule has 1 aromatic heterocycles. The van der Waals surface area contributed by atoms with Crippen LogP contribution in [-0.2, 0) is 0 Å². The molecule has 0 N–H and O–H groups in total. The lowest BCUT2D eigenvalue weighted by Crippen LogP contribution is -2.32. The van der Waals surface area contributed by atoms with Gasteiger partial charge in [-0.05, 0) is 41.9 Å². The average molecular weight is 299 g/mol. The molecule has 0 aliphatic carbocycles. The van der Waals surface area contributed by atoms with Gasteiger partial charge in [-0.3, -0.25) is 0 Å². The van der Waals surface area contributed by atoms with Crippen molar-refractivity contribution in [2.45, 2.75) is 19.8 Å². The van der Waals surface area contributed by atoms with Gasteiger partial charge >= 0.3 is 0 Å². The van der Waals surface area contributed by atoms with Gasteiger partial charge in [0.15, 0.2) is 0 Å². The molecule has 1 aliphatic rings. The van der Waals surface area contributed by atoms with Gasteiger partial charge in [0.25, 0.3) is 0 Å². The van der Waals surface area contributed by atoms with Gasteiger partial charge in [0.05, 0.1) is 4.47 Å². The molecule has 2 rings (SSSR count). The monoisotopic (exact) mass is 298 g/mol. The van der Waals surface area contributed by atoms with E-state index in [-0.39, 0.29) is 0 Å². The predicted octanol–water partition coefficient (Wildman–Crippen LogP) is 2.16. The van der Waals surface area contributed by atoms with Gasteiger partial charge in [-0.2, -0.15) is 0 Å². The van der Waals surface area contributed by atoms with Crippen LogP contribution >= 0.6 is 15.9 Å². The Hall–Kier alpha value is -0.680. The smallest absolute Gasteiger partial charge is 0.225 e. The first kappa shape index (κ1) is 12.8. The second-order valence-corrected chi connectivity index (χ2v) is 5.30. The molecule has 0 bridgehead atoms. The summed E-state index contributed by atoms with van der Waals surface area (Å²) in [5.74, 6) is 0.853. The fourth-order valence-corrected chi connectivity index (χ4v) is 2.38. The fourth-order valence-electron chi connectivity index (χ4n) is 2.18. The lowest BCUT2D eigenvalue weighted by atomic mass is 10.3. The summed E-state index contributed by atoms with van der Waals surface area (Å²) in [5, 5.41) is 0. The van der Waals surface area contributed by atoms with Gasteiger partial charge in [-0.15, -0.1) is 0 Å². The Labute approximate surface area is 111 Å². The summed E-state index contributed by atoms with van der Waals surface area (Å²) in [6.07, 6.45) is 6.06. The second kappa shape index (κ2) is 6.31. The van der Waals surface area contributed by atoms with E-state index in [9.17, 15) is 0 Å². The van der Waals surface area contributed by atoms with Crippen LogP contribution in [0.3, 0.4) is 0 Å². The van der Waals surface area contributed by atoms with Gasteiger partial charge in [-0.25, -0.2) is 9.97 Å². The highest BCUT2D eigenvalue weighted by Crippen LogP contribution is 2.13. The van der Waals surface area contributed by atoms with Crippen LogP contribution in [0.2, 0.25) is 0 Å². The van der Waals surface area contributed by atoms with Gasteiger partial charge in [-0.1, -0.05) is 6.92 Å². The molecule has 0 amide bonds. The van der Waals surface area contributed by atoms with Crippen molar-refractivity contribution >= 4 is 21.9 Å². The maximum absolute atomic E-state index is 4.36. The first-order valence-electron chi connectivity index (χ1n) is 6.24. The van der Waals surface area contributed by atoms with Crippen molar-refractivity contribution < 1.29 is 0 Å². The number of anilines is 1. The zero-order valence-electron chi connectivity index (χ0n) is 10.3. The van der Waals surface area contributed by atoms with Crippen LogP contribution in [0.4, 0.5) is 5.95 Å². The molecular weight excluding hydrogens is 280 g/mol. The number of rotatable bonds is 3. The van der Waals surface area contributed by atoms with Crippen LogP contribution in [0.1, 0.15) is 19.8 Å². The summed E-state index contributed by atoms with van der Waals surface area (Å²) in [4.78, 5) is 13.5. The normalized spacial score (nSPS) is 18.1. The molecule has 94 valence electrons. The maximum atomic E-state index is 4.36. The molecule has 0 saturated carbocycles. The second-order valence-electron chi connectivity index (χ2n) is 4.38. The highest BCUT2D eigenvalue weighted by Gasteiger charge is 2.15. The Morgan fingerprint density at radius 2 is 1.94 bits per heavy atom. The molecule has 4 nitrogen and oxygen atoms in total. The molecule has 1 fully saturated rings. The van der Waals surface area contributed by atoms with Crippen molar-refractivity contribution in [1.82, 2.24) is 14.9 Å². The number of aromatic nitrogens is 2. The van der Waals surface area contributed by atoms with Crippen LogP contribution in [-0.4, -0.2) is 47.6 Å². The molecule has 5 heteroatoms. The summed E-state index contributed by atoms with van der Waals surface area (Å²) < 4.78 is 0.934. The summed E-state index contributed by atoms with van der Waals surface area (Å²) in [6.45, 7) is 7.84. The van der Waals surface area contributed by atoms with Crippen molar-refractivity contribution in [3.05, 3.63) is 16.9 Å². The third kappa shape index (κ3) is 3.64. The molecule has 1 saturated heterocycles. The van der Waals surface area contributed by atoms with Crippen LogP contribution in [0.25, 0.3) is 0 Å². The van der Waals surface area contributed by atoms with E-state index >= 15 is 0 Å². The minimum atomic E-state index is 0.853. The van der Waals surface area contributed by atoms with E-state index < -0.39 is 0 Å². The number of hydrogen-bond acceptors (Lipinski definition) is 4. The molecular formula is C12H19BrN4. The van der Waals surface area contributed by atoms with Crippen LogP contribution in [0, 0.1) is 0 Å². The van der Waals surface area contributed by atoms with E-state index in [1.54, 1.807) is 0 Å². The SMILES string of the molecule is CCCN1CCCN(c2ncc(Br)cn2)CC1. The van der Waals surface area contributed by atoms with Gasteiger partial charge in [0, 0.05) is 32.0 Å². The summed E-state index contributed by atoms with van der Waals surface area (Å²) >= 11 is 3.36. The van der Waals surface area contributed by atoms with E-state index in [1.165, 1.54) is 25.9 Å². The number of nitrogens with zero attached hydrogens (tertiary/aromatic N) is 4. The summed E-state index contributed by atoms with van der Waals surface area (Å²) in [6, 6.07) is 0. The Morgan fingerprint density at radius 3 is 2.65 bits per heavy atom. The third-order valence-corrected chi connectivity index (χ3v) is 3.43. The zero-order valence-corrected chi connectivity index (χ0v) is 11.9. The zero-order chi connectivity index (χ0) is 12.1. The first-order valence-corrected chi connectivity index (χ1v) is 7.03. The molecule has 1 aliphatic heterocycles. The van der Waals surface area contributed by atoms with E-state index in [0.717, 1.165) is 30.1 Å². The van der Waals surface area contributed by atoms with Crippen molar-refractivity contribution in [2.24, 2.45) is 0 Å². The Balaban J connectivity index is 1.96. The van der Waals surface area contributed by atoms with Gasteiger partial charge in [0.2, 0.25) is 5.95 Å². The molecule has 2 heterocycles. The molecule has 0 spiro atoms. The number of halogens is 1. The van der Waals surface area contributed by atoms with Gasteiger partial charge < -0.3 is 9.80 Å². The average Bonchev–Trinajstić information content (AvgIpc) is 2.56. The molecule has 0 radical (unpaired) electrons. The lowest BCUT2D eigenvalue weighted by Gasteiger charge is -2.21. The van der Waals surface area contributed by atoms with Crippen LogP contribution in [0.5, 0.6) is 0 Å². The van der Waals surface area contributed by atoms with Crippen molar-refractivity contribution in [3.63, 3.8) is 0 Å². The van der Waals surface area contributed by atoms with E-state index in [1.807, 2.05) is 12.4 Å². The van der Waals surface area contributed by atoms with E-state index in [0.29, 0.717) is 0 Å². The van der Waals surface area contributed by atoms with Crippen molar-refractivity contribution in [3.8, 4) is 0 Å². The molecule has 1 aromatic rings. The highest BCUT2D eigenvalue weighted by molar-refractivity contribution is 9.10. The lowest BCUT2D eigenvalue weighted by molar-refractivity contribution is 0.294.